The third kappa shape index (κ3) is 4.99. The summed E-state index contributed by atoms with van der Waals surface area (Å²) in [5.41, 5.74) is 2.04. The Kier molecular flexibility index (Phi) is 6.17. The molecule has 2 aliphatic rings. The summed E-state index contributed by atoms with van der Waals surface area (Å²) in [6, 6.07) is 17.3. The Morgan fingerprint density at radius 3 is 2.27 bits per heavy atom. The third-order valence-corrected chi connectivity index (χ3v) is 5.26. The number of nitrogens with zero attached hydrogens (tertiary/aromatic N) is 1. The molecule has 2 N–H and O–H groups in total. The number of urea groups is 1. The highest BCUT2D eigenvalue weighted by molar-refractivity contribution is 6.30. The van der Waals surface area contributed by atoms with Gasteiger partial charge >= 0.3 is 6.03 Å². The first kappa shape index (κ1) is 18.7. The molecule has 1 saturated carbocycles. The van der Waals surface area contributed by atoms with Crippen LogP contribution in [0.15, 0.2) is 54.6 Å². The van der Waals surface area contributed by atoms with E-state index in [1.165, 1.54) is 5.56 Å². The van der Waals surface area contributed by atoms with Gasteiger partial charge in [0.2, 0.25) is 0 Å². The average Bonchev–Trinajstić information content (AvgIpc) is 3.13. The normalized spacial score (nSPS) is 23.8. The Hall–Kier alpha value is -2.04. The molecule has 4 nitrogen and oxygen atoms in total. The molecule has 5 heteroatoms. The first-order valence-electron chi connectivity index (χ1n) is 9.02. The van der Waals surface area contributed by atoms with Crippen LogP contribution in [0.4, 0.5) is 10.5 Å². The number of aryl methyl sites for hydroxylation is 1. The maximum Gasteiger partial charge on any atom is 0.321 e. The van der Waals surface area contributed by atoms with Crippen molar-refractivity contribution in [3.8, 4) is 0 Å². The van der Waals surface area contributed by atoms with Crippen molar-refractivity contribution in [2.75, 3.05) is 18.4 Å². The zero-order chi connectivity index (χ0) is 18.5. The zero-order valence-corrected chi connectivity index (χ0v) is 15.7. The average molecular weight is 373 g/mol. The Morgan fingerprint density at radius 1 is 1.08 bits per heavy atom. The minimum atomic E-state index is -0.173. The van der Waals surface area contributed by atoms with Crippen LogP contribution in [-0.4, -0.2) is 35.2 Å². The van der Waals surface area contributed by atoms with Gasteiger partial charge in [0.15, 0.2) is 0 Å². The number of rotatable bonds is 1. The topological polar surface area (TPSA) is 52.6 Å². The summed E-state index contributed by atoms with van der Waals surface area (Å²) in [5, 5.41) is 13.1. The molecular weight excluding hydrogens is 348 g/mol. The van der Waals surface area contributed by atoms with Crippen LogP contribution in [0.2, 0.25) is 5.02 Å². The predicted octanol–water partition coefficient (Wildman–Crippen LogP) is 4.57. The number of anilines is 1. The molecule has 4 rings (SSSR count). The first-order chi connectivity index (χ1) is 12.5. The molecule has 0 bridgehead atoms. The van der Waals surface area contributed by atoms with Crippen molar-refractivity contribution in [2.45, 2.75) is 25.9 Å². The Morgan fingerprint density at radius 2 is 1.73 bits per heavy atom. The molecule has 138 valence electrons. The van der Waals surface area contributed by atoms with Gasteiger partial charge in [-0.1, -0.05) is 53.6 Å². The number of fused-ring (bicyclic) bond motifs is 1. The number of carbonyl (C=O) groups is 1. The predicted molar refractivity (Wildman–Crippen MR) is 105 cm³/mol. The van der Waals surface area contributed by atoms with E-state index in [9.17, 15) is 9.90 Å². The van der Waals surface area contributed by atoms with Gasteiger partial charge in [-0.15, -0.1) is 0 Å². The van der Waals surface area contributed by atoms with E-state index in [0.29, 0.717) is 16.9 Å². The number of benzene rings is 2. The van der Waals surface area contributed by atoms with Crippen molar-refractivity contribution >= 4 is 23.3 Å². The summed E-state index contributed by atoms with van der Waals surface area (Å²) >= 11 is 5.89. The third-order valence-electron chi connectivity index (χ3n) is 5.03. The van der Waals surface area contributed by atoms with Gasteiger partial charge in [0, 0.05) is 23.8 Å². The largest absolute Gasteiger partial charge is 0.393 e. The van der Waals surface area contributed by atoms with E-state index >= 15 is 0 Å². The maximum absolute atomic E-state index is 12.1. The maximum atomic E-state index is 12.1. The summed E-state index contributed by atoms with van der Waals surface area (Å²) in [5.74, 6) is 0.917. The molecule has 26 heavy (non-hydrogen) atoms. The van der Waals surface area contributed by atoms with Crippen molar-refractivity contribution in [3.63, 3.8) is 0 Å². The van der Waals surface area contributed by atoms with Crippen LogP contribution in [0.1, 0.15) is 18.4 Å². The Balaban J connectivity index is 0.000000236. The second kappa shape index (κ2) is 8.56. The smallest absolute Gasteiger partial charge is 0.321 e. The molecule has 1 aliphatic heterocycles. The molecule has 0 radical (unpaired) electrons. The van der Waals surface area contributed by atoms with Crippen LogP contribution in [0.3, 0.4) is 0 Å². The van der Waals surface area contributed by atoms with Crippen molar-refractivity contribution in [1.29, 1.82) is 0 Å². The number of aliphatic hydroxyl groups excluding tert-OH is 1. The molecule has 2 aromatic carbocycles. The van der Waals surface area contributed by atoms with Gasteiger partial charge in [0.1, 0.15) is 0 Å². The SMILES string of the molecule is Cc1ccccc1.O=C(Nc1cccc(Cl)c1)N1C[C@H]2CC(O)C[C@H]2C1. The molecule has 1 heterocycles. The minimum absolute atomic E-state index is 0.0776. The van der Waals surface area contributed by atoms with Crippen LogP contribution >= 0.6 is 11.6 Å². The number of nitrogens with one attached hydrogen (secondary N) is 1. The lowest BCUT2D eigenvalue weighted by Gasteiger charge is -2.18. The summed E-state index contributed by atoms with van der Waals surface area (Å²) in [6.45, 7) is 3.57. The lowest BCUT2D eigenvalue weighted by molar-refractivity contribution is 0.163. The van der Waals surface area contributed by atoms with Crippen LogP contribution in [0.5, 0.6) is 0 Å². The molecule has 1 saturated heterocycles. The van der Waals surface area contributed by atoms with Gasteiger partial charge in [-0.3, -0.25) is 0 Å². The molecule has 0 spiro atoms. The van der Waals surface area contributed by atoms with Gasteiger partial charge in [-0.2, -0.15) is 0 Å². The molecule has 1 unspecified atom stereocenters. The standard InChI is InChI=1S/C14H17ClN2O2.C7H8/c15-11-2-1-3-12(6-11)16-14(19)17-7-9-4-13(18)5-10(9)8-17;1-7-5-3-2-4-6-7/h1-3,6,9-10,13,18H,4-5,7-8H2,(H,16,19);2-6H,1H3/t9-,10+,13?;. The Bertz CT molecular complexity index is 724. The highest BCUT2D eigenvalue weighted by atomic mass is 35.5. The minimum Gasteiger partial charge on any atom is -0.393 e. The van der Waals surface area contributed by atoms with Crippen molar-refractivity contribution in [2.24, 2.45) is 11.8 Å². The van der Waals surface area contributed by atoms with Crippen LogP contribution < -0.4 is 5.32 Å². The summed E-state index contributed by atoms with van der Waals surface area (Å²) in [6.07, 6.45) is 1.48. The number of carbonyl (C=O) groups excluding carboxylic acids is 1. The van der Waals surface area contributed by atoms with Crippen molar-refractivity contribution < 1.29 is 9.90 Å². The van der Waals surface area contributed by atoms with E-state index in [4.69, 9.17) is 11.6 Å². The second-order valence-corrected chi connectivity index (χ2v) is 7.58. The lowest BCUT2D eigenvalue weighted by atomic mass is 10.0. The second-order valence-electron chi connectivity index (χ2n) is 7.15. The van der Waals surface area contributed by atoms with E-state index in [1.54, 1.807) is 12.1 Å². The van der Waals surface area contributed by atoms with Gasteiger partial charge in [0.05, 0.1) is 6.10 Å². The number of likely N-dealkylation sites (tertiary alicyclic amines) is 1. The van der Waals surface area contributed by atoms with Gasteiger partial charge in [-0.25, -0.2) is 4.79 Å². The molecule has 2 aromatic rings. The van der Waals surface area contributed by atoms with Gasteiger partial charge < -0.3 is 15.3 Å². The van der Waals surface area contributed by atoms with Crippen molar-refractivity contribution in [1.82, 2.24) is 4.90 Å². The van der Waals surface area contributed by atoms with Gasteiger partial charge in [0.25, 0.3) is 0 Å². The van der Waals surface area contributed by atoms with E-state index < -0.39 is 0 Å². The van der Waals surface area contributed by atoms with Gasteiger partial charge in [-0.05, 0) is 49.8 Å². The van der Waals surface area contributed by atoms with E-state index in [-0.39, 0.29) is 12.1 Å². The van der Waals surface area contributed by atoms with Crippen LogP contribution in [-0.2, 0) is 0 Å². The Labute approximate surface area is 159 Å². The lowest BCUT2D eigenvalue weighted by Crippen LogP contribution is -2.34. The number of hydrogen-bond acceptors (Lipinski definition) is 2. The number of hydrogen-bond donors (Lipinski definition) is 2. The highest BCUT2D eigenvalue weighted by Crippen LogP contribution is 2.38. The molecule has 3 atom stereocenters. The molecule has 2 fully saturated rings. The van der Waals surface area contributed by atoms with Crippen LogP contribution in [0, 0.1) is 18.8 Å². The number of halogens is 1. The van der Waals surface area contributed by atoms with E-state index in [2.05, 4.69) is 24.4 Å². The summed E-state index contributed by atoms with van der Waals surface area (Å²) in [4.78, 5) is 14.0. The molecule has 2 amide bonds. The zero-order valence-electron chi connectivity index (χ0n) is 14.9. The highest BCUT2D eigenvalue weighted by Gasteiger charge is 2.41. The summed E-state index contributed by atoms with van der Waals surface area (Å²) < 4.78 is 0. The quantitative estimate of drug-likeness (QED) is 0.770. The fraction of sp³-hybridized carbons (Fsp3) is 0.381. The van der Waals surface area contributed by atoms with Crippen LogP contribution in [0.25, 0.3) is 0 Å². The fourth-order valence-corrected chi connectivity index (χ4v) is 3.93. The van der Waals surface area contributed by atoms with E-state index in [1.807, 2.05) is 35.2 Å². The molecule has 1 aliphatic carbocycles. The van der Waals surface area contributed by atoms with Crippen molar-refractivity contribution in [3.05, 3.63) is 65.2 Å². The fourth-order valence-electron chi connectivity index (χ4n) is 3.74. The first-order valence-corrected chi connectivity index (χ1v) is 9.40. The number of amides is 2. The van der Waals surface area contributed by atoms with E-state index in [0.717, 1.165) is 31.6 Å². The molecule has 0 aromatic heterocycles. The monoisotopic (exact) mass is 372 g/mol. The molecular formula is C21H25ClN2O2. The number of aliphatic hydroxyl groups is 1. The summed E-state index contributed by atoms with van der Waals surface area (Å²) in [7, 11) is 0.